The molecule has 21 heavy (non-hydrogen) atoms. The molecule has 1 aromatic rings. The second-order valence-corrected chi connectivity index (χ2v) is 5.26. The maximum Gasteiger partial charge on any atom is 0.331 e. The van der Waals surface area contributed by atoms with Crippen molar-refractivity contribution in [3.63, 3.8) is 0 Å². The average Bonchev–Trinajstić information content (AvgIpc) is 2.47. The molecule has 1 fully saturated rings. The highest BCUT2D eigenvalue weighted by Crippen LogP contribution is 2.11. The lowest BCUT2D eigenvalue weighted by molar-refractivity contribution is 0.240. The molecular weight excluding hydrogens is 272 g/mol. The van der Waals surface area contributed by atoms with E-state index in [0.717, 1.165) is 38.8 Å². The van der Waals surface area contributed by atoms with Crippen LogP contribution in [0.3, 0.4) is 0 Å². The minimum atomic E-state index is -0.606. The van der Waals surface area contributed by atoms with Gasteiger partial charge >= 0.3 is 5.69 Å². The molecule has 7 nitrogen and oxygen atoms in total. The van der Waals surface area contributed by atoms with Gasteiger partial charge in [0.25, 0.3) is 5.56 Å². The number of aromatic hydroxyl groups is 1. The fourth-order valence-corrected chi connectivity index (χ4v) is 2.35. The number of hydrazone groups is 1. The molecular formula is C14H22N4O3. The van der Waals surface area contributed by atoms with Gasteiger partial charge < -0.3 is 5.11 Å². The van der Waals surface area contributed by atoms with E-state index in [9.17, 15) is 14.7 Å². The lowest BCUT2D eigenvalue weighted by atomic mass is 10.2. The summed E-state index contributed by atoms with van der Waals surface area (Å²) in [6.07, 6.45) is 6.34. The summed E-state index contributed by atoms with van der Waals surface area (Å²) in [5.74, 6) is -0.307. The van der Waals surface area contributed by atoms with Gasteiger partial charge in [0.05, 0.1) is 6.21 Å². The van der Waals surface area contributed by atoms with Crippen molar-refractivity contribution in [1.29, 1.82) is 0 Å². The van der Waals surface area contributed by atoms with Gasteiger partial charge in [0.1, 0.15) is 5.56 Å². The number of hydrogen-bond donors (Lipinski definition) is 2. The molecule has 0 saturated carbocycles. The van der Waals surface area contributed by atoms with Crippen LogP contribution in [0.25, 0.3) is 0 Å². The minimum absolute atomic E-state index is 0.0382. The van der Waals surface area contributed by atoms with Gasteiger partial charge in [-0.05, 0) is 25.7 Å². The second-order valence-electron chi connectivity index (χ2n) is 5.26. The fraction of sp³-hybridized carbons (Fsp3) is 0.643. The van der Waals surface area contributed by atoms with Crippen LogP contribution in [0.5, 0.6) is 5.88 Å². The monoisotopic (exact) mass is 294 g/mol. The highest BCUT2D eigenvalue weighted by molar-refractivity contribution is 5.81. The van der Waals surface area contributed by atoms with E-state index in [1.807, 2.05) is 11.9 Å². The van der Waals surface area contributed by atoms with Crippen LogP contribution in [0.4, 0.5) is 0 Å². The molecule has 0 radical (unpaired) electrons. The third kappa shape index (κ3) is 3.74. The van der Waals surface area contributed by atoms with Crippen molar-refractivity contribution < 1.29 is 5.11 Å². The van der Waals surface area contributed by atoms with Crippen LogP contribution in [-0.2, 0) is 6.54 Å². The Bertz CT molecular complexity index is 612. The number of aromatic amines is 1. The molecule has 0 spiro atoms. The van der Waals surface area contributed by atoms with Crippen LogP contribution in [0.2, 0.25) is 0 Å². The maximum absolute atomic E-state index is 11.8. The molecule has 1 saturated heterocycles. The predicted octanol–water partition coefficient (Wildman–Crippen LogP) is 0.862. The molecule has 0 aromatic carbocycles. The average molecular weight is 294 g/mol. The van der Waals surface area contributed by atoms with Gasteiger partial charge in [0.15, 0.2) is 0 Å². The topological polar surface area (TPSA) is 90.7 Å². The van der Waals surface area contributed by atoms with Crippen molar-refractivity contribution in [2.45, 2.75) is 45.6 Å². The molecule has 1 aliphatic heterocycles. The molecule has 1 aromatic heterocycles. The first kappa shape index (κ1) is 15.3. The first-order chi connectivity index (χ1) is 10.1. The Labute approximate surface area is 122 Å². The Morgan fingerprint density at radius 1 is 1.29 bits per heavy atom. The molecule has 116 valence electrons. The smallest absolute Gasteiger partial charge is 0.331 e. The molecule has 0 aliphatic carbocycles. The predicted molar refractivity (Wildman–Crippen MR) is 80.9 cm³/mol. The summed E-state index contributed by atoms with van der Waals surface area (Å²) in [6, 6.07) is 0. The normalized spacial score (nSPS) is 15.8. The van der Waals surface area contributed by atoms with E-state index in [1.165, 1.54) is 17.2 Å². The van der Waals surface area contributed by atoms with Gasteiger partial charge in [-0.3, -0.25) is 19.4 Å². The number of unbranched alkanes of at least 4 members (excludes halogenated alkanes) is 1. The van der Waals surface area contributed by atoms with E-state index >= 15 is 0 Å². The van der Waals surface area contributed by atoms with Crippen LogP contribution in [-0.4, -0.2) is 39.0 Å². The third-order valence-electron chi connectivity index (χ3n) is 3.62. The molecule has 0 atom stereocenters. The van der Waals surface area contributed by atoms with Crippen molar-refractivity contribution in [1.82, 2.24) is 14.6 Å². The van der Waals surface area contributed by atoms with Crippen LogP contribution >= 0.6 is 0 Å². The van der Waals surface area contributed by atoms with Crippen molar-refractivity contribution in [3.8, 4) is 5.88 Å². The number of aromatic nitrogens is 2. The Morgan fingerprint density at radius 3 is 2.67 bits per heavy atom. The summed E-state index contributed by atoms with van der Waals surface area (Å²) >= 11 is 0. The summed E-state index contributed by atoms with van der Waals surface area (Å²) in [4.78, 5) is 25.8. The van der Waals surface area contributed by atoms with Crippen molar-refractivity contribution in [3.05, 3.63) is 26.4 Å². The zero-order valence-electron chi connectivity index (χ0n) is 12.3. The summed E-state index contributed by atoms with van der Waals surface area (Å²) in [6.45, 7) is 4.07. The summed E-state index contributed by atoms with van der Waals surface area (Å²) in [5, 5.41) is 16.3. The fourth-order valence-electron chi connectivity index (χ4n) is 2.35. The molecule has 0 bridgehead atoms. The van der Waals surface area contributed by atoms with Gasteiger partial charge in [0.2, 0.25) is 5.88 Å². The second kappa shape index (κ2) is 7.10. The van der Waals surface area contributed by atoms with Crippen LogP contribution < -0.4 is 11.2 Å². The molecule has 2 heterocycles. The zero-order chi connectivity index (χ0) is 15.2. The lowest BCUT2D eigenvalue weighted by Gasteiger charge is -2.23. The van der Waals surface area contributed by atoms with E-state index in [1.54, 1.807) is 0 Å². The van der Waals surface area contributed by atoms with Crippen molar-refractivity contribution in [2.75, 3.05) is 13.1 Å². The largest absolute Gasteiger partial charge is 0.494 e. The van der Waals surface area contributed by atoms with E-state index in [4.69, 9.17) is 0 Å². The summed E-state index contributed by atoms with van der Waals surface area (Å²) in [5.41, 5.74) is -1.15. The molecule has 0 amide bonds. The molecule has 7 heteroatoms. The first-order valence-electron chi connectivity index (χ1n) is 7.48. The third-order valence-corrected chi connectivity index (χ3v) is 3.62. The van der Waals surface area contributed by atoms with E-state index in [0.29, 0.717) is 6.54 Å². The Morgan fingerprint density at radius 2 is 2.00 bits per heavy atom. The summed E-state index contributed by atoms with van der Waals surface area (Å²) in [7, 11) is 0. The van der Waals surface area contributed by atoms with Crippen molar-refractivity contribution >= 4 is 6.21 Å². The Kier molecular flexibility index (Phi) is 5.19. The van der Waals surface area contributed by atoms with Crippen LogP contribution in [0.1, 0.15) is 44.6 Å². The van der Waals surface area contributed by atoms with E-state index in [-0.39, 0.29) is 11.4 Å². The summed E-state index contributed by atoms with van der Waals surface area (Å²) < 4.78 is 1.18. The SMILES string of the molecule is CCCCn1c(O)c(/C=N/N2CCCCC2)c(=O)[nH]c1=O. The van der Waals surface area contributed by atoms with Crippen LogP contribution in [0.15, 0.2) is 14.7 Å². The lowest BCUT2D eigenvalue weighted by Crippen LogP contribution is -2.32. The molecule has 1 aliphatic rings. The van der Waals surface area contributed by atoms with Gasteiger partial charge in [-0.2, -0.15) is 5.10 Å². The Hall–Kier alpha value is -2.05. The molecule has 2 rings (SSSR count). The van der Waals surface area contributed by atoms with Crippen molar-refractivity contribution in [2.24, 2.45) is 5.10 Å². The quantitative estimate of drug-likeness (QED) is 0.788. The Balaban J connectivity index is 2.27. The maximum atomic E-state index is 11.8. The minimum Gasteiger partial charge on any atom is -0.494 e. The highest BCUT2D eigenvalue weighted by atomic mass is 16.3. The number of nitrogens with zero attached hydrogens (tertiary/aromatic N) is 3. The van der Waals surface area contributed by atoms with Gasteiger partial charge in [-0.1, -0.05) is 13.3 Å². The number of rotatable bonds is 5. The zero-order valence-corrected chi connectivity index (χ0v) is 12.3. The number of H-pyrrole nitrogens is 1. The highest BCUT2D eigenvalue weighted by Gasteiger charge is 2.13. The standard InChI is InChI=1S/C14H22N4O3/c1-2-3-9-18-13(20)11(12(19)16-14(18)21)10-15-17-7-5-4-6-8-17/h10,20H,2-9H2,1H3,(H,16,19,21)/b15-10+. The van der Waals surface area contributed by atoms with E-state index in [2.05, 4.69) is 10.1 Å². The van der Waals surface area contributed by atoms with E-state index < -0.39 is 11.2 Å². The first-order valence-corrected chi connectivity index (χ1v) is 7.48. The van der Waals surface area contributed by atoms with Crippen LogP contribution in [0, 0.1) is 0 Å². The molecule has 0 unspecified atom stereocenters. The van der Waals surface area contributed by atoms with Gasteiger partial charge in [-0.15, -0.1) is 0 Å². The number of hydrogen-bond acceptors (Lipinski definition) is 5. The number of nitrogens with one attached hydrogen (secondary N) is 1. The molecule has 2 N–H and O–H groups in total. The van der Waals surface area contributed by atoms with Gasteiger partial charge in [-0.25, -0.2) is 4.79 Å². The van der Waals surface area contributed by atoms with Gasteiger partial charge in [0, 0.05) is 19.6 Å². The number of piperidine rings is 1.